The van der Waals surface area contributed by atoms with Crippen LogP contribution in [0.1, 0.15) is 96.6 Å². The SMILES string of the molecule is CCC[CH2][Sn]([CH2]CCC)([CH2]CCC)[CH2]O[C@@H](C1=CCCC1)[C@H](C)N(Cc1ccccc1)Cc1ccccc1. The van der Waals surface area contributed by atoms with Gasteiger partial charge in [0.1, 0.15) is 0 Å². The van der Waals surface area contributed by atoms with Crippen molar-refractivity contribution in [3.05, 3.63) is 83.4 Å². The number of hydrogen-bond acceptors (Lipinski definition) is 2. The fourth-order valence-corrected chi connectivity index (χ4v) is 20.5. The van der Waals surface area contributed by atoms with Crippen LogP contribution in [0.5, 0.6) is 0 Å². The molecule has 0 amide bonds. The summed E-state index contributed by atoms with van der Waals surface area (Å²) in [6.45, 7) is 11.5. The van der Waals surface area contributed by atoms with Crippen molar-refractivity contribution in [1.82, 2.24) is 4.90 Å². The van der Waals surface area contributed by atoms with E-state index < -0.39 is 18.4 Å². The van der Waals surface area contributed by atoms with Crippen molar-refractivity contribution in [2.45, 2.75) is 124 Å². The molecular formula is C35H55NOSn. The van der Waals surface area contributed by atoms with Gasteiger partial charge in [-0.25, -0.2) is 0 Å². The molecule has 2 aromatic rings. The van der Waals surface area contributed by atoms with Crippen LogP contribution in [-0.2, 0) is 17.8 Å². The summed E-state index contributed by atoms with van der Waals surface area (Å²) in [5, 5.41) is 0. The number of allylic oxidation sites excluding steroid dienone is 1. The monoisotopic (exact) mass is 625 g/mol. The summed E-state index contributed by atoms with van der Waals surface area (Å²) in [5.74, 6) is 0. The Morgan fingerprint density at radius 3 is 1.68 bits per heavy atom. The maximum absolute atomic E-state index is 7.28. The molecule has 0 spiro atoms. The summed E-state index contributed by atoms with van der Waals surface area (Å²) in [4.78, 5) is 2.68. The quantitative estimate of drug-likeness (QED) is 0.114. The molecule has 210 valence electrons. The van der Waals surface area contributed by atoms with Crippen LogP contribution in [0.3, 0.4) is 0 Å². The fraction of sp³-hybridized carbons (Fsp3) is 0.600. The predicted molar refractivity (Wildman–Crippen MR) is 168 cm³/mol. The van der Waals surface area contributed by atoms with E-state index in [2.05, 4.69) is 99.3 Å². The Hall–Kier alpha value is -1.10. The van der Waals surface area contributed by atoms with E-state index in [1.54, 1.807) is 5.57 Å². The van der Waals surface area contributed by atoms with Gasteiger partial charge in [-0.2, -0.15) is 0 Å². The van der Waals surface area contributed by atoms with E-state index in [-0.39, 0.29) is 6.10 Å². The Balaban J connectivity index is 1.86. The number of unbranched alkanes of at least 4 members (excludes halogenated alkanes) is 3. The first-order chi connectivity index (χ1) is 18.6. The van der Waals surface area contributed by atoms with Crippen molar-refractivity contribution in [1.29, 1.82) is 0 Å². The zero-order valence-corrected chi connectivity index (χ0v) is 27.8. The molecule has 1 aliphatic rings. The van der Waals surface area contributed by atoms with Crippen LogP contribution < -0.4 is 0 Å². The number of ether oxygens (including phenoxy) is 1. The second-order valence-electron chi connectivity index (χ2n) is 11.8. The average molecular weight is 625 g/mol. The van der Waals surface area contributed by atoms with E-state index >= 15 is 0 Å². The predicted octanol–water partition coefficient (Wildman–Crippen LogP) is 9.96. The summed E-state index contributed by atoms with van der Waals surface area (Å²) in [6.07, 6.45) is 14.6. The van der Waals surface area contributed by atoms with E-state index in [9.17, 15) is 0 Å². The van der Waals surface area contributed by atoms with Gasteiger partial charge in [0.05, 0.1) is 0 Å². The topological polar surface area (TPSA) is 12.5 Å². The average Bonchev–Trinajstić information content (AvgIpc) is 3.49. The minimum atomic E-state index is -2.39. The Kier molecular flexibility index (Phi) is 14.5. The Morgan fingerprint density at radius 1 is 0.763 bits per heavy atom. The summed E-state index contributed by atoms with van der Waals surface area (Å²) in [5.41, 5.74) is 4.35. The standard InChI is InChI=1S/C23H28NO.3C4H9.Sn/c1-19(23(25-2)22-15-9-10-16-22)24(17-20-11-5-3-6-12-20)18-21-13-7-4-8-14-21;3*1-3-4-2;/h3-8,11-15,19,23H,2,9-10,16-18H2,1H3;3*1,3-4H2,2H3;/t19-,23+;;;;/m0..../s1. The van der Waals surface area contributed by atoms with Crippen molar-refractivity contribution in [2.75, 3.05) is 4.62 Å². The van der Waals surface area contributed by atoms with Crippen LogP contribution in [-0.4, -0.2) is 40.0 Å². The molecule has 0 heterocycles. The Labute approximate surface area is 239 Å². The molecule has 0 saturated carbocycles. The second kappa shape index (κ2) is 17.6. The van der Waals surface area contributed by atoms with Gasteiger partial charge in [0.15, 0.2) is 0 Å². The van der Waals surface area contributed by atoms with Crippen LogP contribution in [0.4, 0.5) is 0 Å². The third-order valence-corrected chi connectivity index (χ3v) is 23.0. The molecule has 0 saturated heterocycles. The number of rotatable bonds is 19. The molecule has 2 aromatic carbocycles. The van der Waals surface area contributed by atoms with E-state index in [0.29, 0.717) is 6.04 Å². The Morgan fingerprint density at radius 2 is 1.26 bits per heavy atom. The first-order valence-corrected chi connectivity index (χ1v) is 23.8. The van der Waals surface area contributed by atoms with Crippen LogP contribution in [0.25, 0.3) is 0 Å². The van der Waals surface area contributed by atoms with Crippen LogP contribution >= 0.6 is 0 Å². The Bertz CT molecular complexity index is 849. The van der Waals surface area contributed by atoms with Crippen LogP contribution in [0.15, 0.2) is 72.3 Å². The third kappa shape index (κ3) is 10.1. The van der Waals surface area contributed by atoms with Crippen molar-refractivity contribution in [3.63, 3.8) is 0 Å². The van der Waals surface area contributed by atoms with Gasteiger partial charge in [-0.1, -0.05) is 0 Å². The zero-order chi connectivity index (χ0) is 27.1. The molecule has 0 bridgehead atoms. The molecule has 0 aliphatic heterocycles. The van der Waals surface area contributed by atoms with Crippen LogP contribution in [0.2, 0.25) is 13.3 Å². The van der Waals surface area contributed by atoms with Crippen molar-refractivity contribution < 1.29 is 4.74 Å². The molecule has 38 heavy (non-hydrogen) atoms. The summed E-state index contributed by atoms with van der Waals surface area (Å²) >= 11 is -2.39. The zero-order valence-electron chi connectivity index (χ0n) is 25.0. The summed E-state index contributed by atoms with van der Waals surface area (Å²) < 4.78 is 13.0. The molecule has 2 nitrogen and oxygen atoms in total. The molecule has 0 unspecified atom stereocenters. The number of nitrogens with zero attached hydrogens (tertiary/aromatic N) is 1. The molecule has 3 heteroatoms. The first kappa shape index (κ1) is 31.4. The minimum absolute atomic E-state index is 0.214. The van der Waals surface area contributed by atoms with E-state index in [4.69, 9.17) is 4.74 Å². The molecule has 1 aliphatic carbocycles. The maximum atomic E-state index is 7.28. The van der Waals surface area contributed by atoms with Crippen molar-refractivity contribution >= 4 is 18.4 Å². The molecule has 0 fully saturated rings. The van der Waals surface area contributed by atoms with E-state index in [1.807, 2.05) is 0 Å². The summed E-state index contributed by atoms with van der Waals surface area (Å²) in [7, 11) is 0. The van der Waals surface area contributed by atoms with Crippen molar-refractivity contribution in [2.24, 2.45) is 0 Å². The van der Waals surface area contributed by atoms with E-state index in [1.165, 1.54) is 82.2 Å². The fourth-order valence-electron chi connectivity index (χ4n) is 6.19. The van der Waals surface area contributed by atoms with Gasteiger partial charge in [0.2, 0.25) is 0 Å². The normalized spacial score (nSPS) is 15.6. The first-order valence-electron chi connectivity index (χ1n) is 15.7. The molecule has 3 rings (SSSR count). The van der Waals surface area contributed by atoms with Gasteiger partial charge in [-0.05, 0) is 0 Å². The molecule has 2 atom stereocenters. The van der Waals surface area contributed by atoms with Gasteiger partial charge in [-0.15, -0.1) is 0 Å². The van der Waals surface area contributed by atoms with Crippen LogP contribution in [0, 0.1) is 0 Å². The molecule has 0 aromatic heterocycles. The van der Waals surface area contributed by atoms with Gasteiger partial charge < -0.3 is 0 Å². The molecule has 0 N–H and O–H groups in total. The summed E-state index contributed by atoms with van der Waals surface area (Å²) in [6, 6.07) is 22.4. The molecular weight excluding hydrogens is 569 g/mol. The van der Waals surface area contributed by atoms with Crippen molar-refractivity contribution in [3.8, 4) is 0 Å². The molecule has 0 radical (unpaired) electrons. The van der Waals surface area contributed by atoms with Gasteiger partial charge >= 0.3 is 240 Å². The third-order valence-electron chi connectivity index (χ3n) is 8.66. The second-order valence-corrected chi connectivity index (χ2v) is 25.5. The number of benzene rings is 2. The van der Waals surface area contributed by atoms with Gasteiger partial charge in [0, 0.05) is 0 Å². The van der Waals surface area contributed by atoms with E-state index in [0.717, 1.165) is 17.7 Å². The van der Waals surface area contributed by atoms with Gasteiger partial charge in [-0.3, -0.25) is 0 Å². The van der Waals surface area contributed by atoms with Gasteiger partial charge in [0.25, 0.3) is 0 Å². The number of hydrogen-bond donors (Lipinski definition) is 0.